The first-order chi connectivity index (χ1) is 13.0. The second-order valence-corrected chi connectivity index (χ2v) is 8.76. The highest BCUT2D eigenvalue weighted by atomic mass is 127. The molecule has 0 spiro atoms. The molecule has 0 aliphatic rings. The lowest BCUT2D eigenvalue weighted by Gasteiger charge is -2.18. The van der Waals surface area contributed by atoms with Gasteiger partial charge < -0.3 is 10.6 Å². The van der Waals surface area contributed by atoms with Crippen molar-refractivity contribution in [2.45, 2.75) is 19.3 Å². The fraction of sp³-hybridized carbons (Fsp3) is 0.381. The first kappa shape index (κ1) is 24.4. The van der Waals surface area contributed by atoms with Gasteiger partial charge in [-0.3, -0.25) is 4.99 Å². The highest BCUT2D eigenvalue weighted by Crippen LogP contribution is 2.24. The van der Waals surface area contributed by atoms with E-state index in [0.717, 1.165) is 6.54 Å². The lowest BCUT2D eigenvalue weighted by atomic mass is 9.91. The molecule has 28 heavy (non-hydrogen) atoms. The van der Waals surface area contributed by atoms with E-state index < -0.39 is 9.84 Å². The zero-order valence-corrected chi connectivity index (χ0v) is 19.6. The monoisotopic (exact) mass is 515 g/mol. The number of benzene rings is 2. The van der Waals surface area contributed by atoms with Gasteiger partial charge in [-0.2, -0.15) is 0 Å². The van der Waals surface area contributed by atoms with Crippen molar-refractivity contribution in [1.29, 1.82) is 0 Å². The van der Waals surface area contributed by atoms with E-state index in [1.807, 2.05) is 43.3 Å². The van der Waals surface area contributed by atoms with Crippen LogP contribution in [-0.4, -0.2) is 46.0 Å². The van der Waals surface area contributed by atoms with Crippen molar-refractivity contribution >= 4 is 39.8 Å². The van der Waals surface area contributed by atoms with E-state index in [4.69, 9.17) is 4.99 Å². The molecule has 0 heterocycles. The second kappa shape index (κ2) is 12.8. The lowest BCUT2D eigenvalue weighted by molar-refractivity contribution is 0.598. The normalized spacial score (nSPS) is 11.8. The molecule has 2 aromatic rings. The van der Waals surface area contributed by atoms with E-state index in [9.17, 15) is 8.42 Å². The van der Waals surface area contributed by atoms with Gasteiger partial charge in [-0.1, -0.05) is 60.7 Å². The molecule has 0 amide bonds. The zero-order chi connectivity index (χ0) is 19.5. The second-order valence-electron chi connectivity index (χ2n) is 6.50. The van der Waals surface area contributed by atoms with Crippen molar-refractivity contribution in [2.24, 2.45) is 4.99 Å². The van der Waals surface area contributed by atoms with E-state index >= 15 is 0 Å². The highest BCUT2D eigenvalue weighted by molar-refractivity contribution is 14.0. The Kier molecular flexibility index (Phi) is 11.1. The molecule has 2 aromatic carbocycles. The molecule has 0 saturated heterocycles. The maximum Gasteiger partial charge on any atom is 0.191 e. The molecule has 0 saturated carbocycles. The van der Waals surface area contributed by atoms with Crippen molar-refractivity contribution in [3.63, 3.8) is 0 Å². The molecule has 0 bridgehead atoms. The summed E-state index contributed by atoms with van der Waals surface area (Å²) in [5, 5.41) is 6.45. The van der Waals surface area contributed by atoms with Gasteiger partial charge in [0.15, 0.2) is 5.96 Å². The molecule has 2 rings (SSSR count). The van der Waals surface area contributed by atoms with Crippen LogP contribution in [0.15, 0.2) is 65.7 Å². The third kappa shape index (κ3) is 9.05. The van der Waals surface area contributed by atoms with Crippen LogP contribution in [0.5, 0.6) is 0 Å². The maximum absolute atomic E-state index is 11.3. The fourth-order valence-corrected chi connectivity index (χ4v) is 3.51. The van der Waals surface area contributed by atoms with E-state index in [1.165, 1.54) is 17.4 Å². The summed E-state index contributed by atoms with van der Waals surface area (Å²) >= 11 is 0. The number of halogens is 1. The summed E-state index contributed by atoms with van der Waals surface area (Å²) in [6.45, 7) is 3.94. The Morgan fingerprint density at radius 3 is 1.96 bits per heavy atom. The van der Waals surface area contributed by atoms with Crippen LogP contribution in [0.25, 0.3) is 0 Å². The van der Waals surface area contributed by atoms with Gasteiger partial charge in [0.05, 0.1) is 12.3 Å². The number of guanidine groups is 1. The predicted molar refractivity (Wildman–Crippen MR) is 128 cm³/mol. The molecule has 0 atom stereocenters. The van der Waals surface area contributed by atoms with Gasteiger partial charge in [-0.05, 0) is 24.5 Å². The van der Waals surface area contributed by atoms with Gasteiger partial charge in [-0.25, -0.2) is 8.42 Å². The van der Waals surface area contributed by atoms with Crippen molar-refractivity contribution in [3.8, 4) is 0 Å². The Morgan fingerprint density at radius 2 is 1.50 bits per heavy atom. The van der Waals surface area contributed by atoms with Crippen LogP contribution in [0.3, 0.4) is 0 Å². The predicted octanol–water partition coefficient (Wildman–Crippen LogP) is 3.43. The topological polar surface area (TPSA) is 70.6 Å². The summed E-state index contributed by atoms with van der Waals surface area (Å²) in [6.07, 6.45) is 1.82. The first-order valence-corrected chi connectivity index (χ1v) is 11.4. The molecule has 0 aliphatic heterocycles. The van der Waals surface area contributed by atoms with Crippen LogP contribution in [0.2, 0.25) is 0 Å². The Labute approximate surface area is 186 Å². The molecule has 0 fully saturated rings. The van der Waals surface area contributed by atoms with Crippen molar-refractivity contribution in [1.82, 2.24) is 10.6 Å². The minimum absolute atomic E-state index is 0. The fourth-order valence-electron chi connectivity index (χ4n) is 2.84. The molecular weight excluding hydrogens is 485 g/mol. The smallest absolute Gasteiger partial charge is 0.191 e. The minimum Gasteiger partial charge on any atom is -0.357 e. The minimum atomic E-state index is -2.93. The molecule has 7 heteroatoms. The van der Waals surface area contributed by atoms with E-state index in [-0.39, 0.29) is 35.6 Å². The number of rotatable bonds is 9. The van der Waals surface area contributed by atoms with Crippen molar-refractivity contribution in [2.75, 3.05) is 31.6 Å². The van der Waals surface area contributed by atoms with Crippen LogP contribution in [0.1, 0.15) is 30.4 Å². The molecule has 0 unspecified atom stereocenters. The van der Waals surface area contributed by atoms with Gasteiger partial charge in [0.25, 0.3) is 0 Å². The molecular formula is C21H30IN3O2S. The van der Waals surface area contributed by atoms with Crippen molar-refractivity contribution < 1.29 is 8.42 Å². The maximum atomic E-state index is 11.3. The average molecular weight is 515 g/mol. The number of nitrogens with zero attached hydrogens (tertiary/aromatic N) is 1. The lowest BCUT2D eigenvalue weighted by Crippen LogP contribution is -2.38. The number of hydrogen-bond donors (Lipinski definition) is 2. The molecule has 0 radical (unpaired) electrons. The molecule has 2 N–H and O–H groups in total. The Morgan fingerprint density at radius 1 is 0.964 bits per heavy atom. The average Bonchev–Trinajstić information content (AvgIpc) is 2.66. The van der Waals surface area contributed by atoms with Gasteiger partial charge in [-0.15, -0.1) is 24.0 Å². The summed E-state index contributed by atoms with van der Waals surface area (Å²) in [4.78, 5) is 4.75. The largest absolute Gasteiger partial charge is 0.357 e. The number of hydrogen-bond acceptors (Lipinski definition) is 3. The van der Waals surface area contributed by atoms with Crippen LogP contribution >= 0.6 is 24.0 Å². The quantitative estimate of drug-likeness (QED) is 0.233. The Bertz CT molecular complexity index is 773. The molecule has 5 nitrogen and oxygen atoms in total. The van der Waals surface area contributed by atoms with Gasteiger partial charge in [0.2, 0.25) is 0 Å². The summed E-state index contributed by atoms with van der Waals surface area (Å²) in [6, 6.07) is 20.7. The Balaban J connectivity index is 0.00000392. The number of sulfone groups is 1. The first-order valence-electron chi connectivity index (χ1n) is 9.29. The third-order valence-electron chi connectivity index (χ3n) is 4.16. The summed E-state index contributed by atoms with van der Waals surface area (Å²) in [7, 11) is -2.93. The standard InChI is InChI=1S/C21H29N3O2S.HI/c1-3-22-21(23-15-10-16-27(2,25)26)24-17-20(18-11-6-4-7-12-18)19-13-8-5-9-14-19;/h4-9,11-14,20H,3,10,15-17H2,1-2H3,(H2,22,23,24);1H. The summed E-state index contributed by atoms with van der Waals surface area (Å²) in [5.74, 6) is 1.05. The number of nitrogens with one attached hydrogen (secondary N) is 2. The summed E-state index contributed by atoms with van der Waals surface area (Å²) in [5.41, 5.74) is 2.45. The molecule has 154 valence electrons. The van der Waals surface area contributed by atoms with Gasteiger partial charge in [0.1, 0.15) is 9.84 Å². The number of aliphatic imine (C=N–C) groups is 1. The third-order valence-corrected chi connectivity index (χ3v) is 5.19. The zero-order valence-electron chi connectivity index (χ0n) is 16.5. The van der Waals surface area contributed by atoms with E-state index in [1.54, 1.807) is 0 Å². The van der Waals surface area contributed by atoms with Crippen LogP contribution < -0.4 is 10.6 Å². The summed E-state index contributed by atoms with van der Waals surface area (Å²) < 4.78 is 22.5. The van der Waals surface area contributed by atoms with E-state index in [2.05, 4.69) is 34.9 Å². The van der Waals surface area contributed by atoms with Crippen LogP contribution in [-0.2, 0) is 9.84 Å². The van der Waals surface area contributed by atoms with Gasteiger partial charge in [0, 0.05) is 25.3 Å². The molecule has 0 aliphatic carbocycles. The molecule has 0 aromatic heterocycles. The van der Waals surface area contributed by atoms with Crippen LogP contribution in [0, 0.1) is 0 Å². The van der Waals surface area contributed by atoms with Crippen molar-refractivity contribution in [3.05, 3.63) is 71.8 Å². The van der Waals surface area contributed by atoms with Crippen LogP contribution in [0.4, 0.5) is 0 Å². The van der Waals surface area contributed by atoms with Gasteiger partial charge >= 0.3 is 0 Å². The Hall–Kier alpha value is -1.61. The SMILES string of the molecule is CCNC(=NCC(c1ccccc1)c1ccccc1)NCCCS(C)(=O)=O.I. The highest BCUT2D eigenvalue weighted by Gasteiger charge is 2.13. The van der Waals surface area contributed by atoms with E-state index in [0.29, 0.717) is 25.5 Å².